The number of halogens is 3. The van der Waals surface area contributed by atoms with Crippen LogP contribution in [0.2, 0.25) is 5.15 Å². The van der Waals surface area contributed by atoms with E-state index in [0.29, 0.717) is 11.0 Å². The minimum atomic E-state index is -0.272. The lowest BCUT2D eigenvalue weighted by atomic mass is 10.1. The van der Waals surface area contributed by atoms with Gasteiger partial charge >= 0.3 is 0 Å². The van der Waals surface area contributed by atoms with Crippen molar-refractivity contribution in [3.05, 3.63) is 46.0 Å². The average molecular weight is 301 g/mol. The summed E-state index contributed by atoms with van der Waals surface area (Å²) < 4.78 is 14.8. The first-order chi connectivity index (χ1) is 8.95. The zero-order chi connectivity index (χ0) is 14.2. The average Bonchev–Trinajstić information content (AvgIpc) is 2.66. The van der Waals surface area contributed by atoms with E-state index in [1.807, 2.05) is 20.8 Å². The maximum Gasteiger partial charge on any atom is 0.137 e. The third kappa shape index (κ3) is 2.63. The van der Waals surface area contributed by atoms with Crippen LogP contribution >= 0.6 is 23.2 Å². The first-order valence-electron chi connectivity index (χ1n) is 6.05. The maximum atomic E-state index is 13.2. The number of nitrogens with zero attached hydrogens (tertiary/aromatic N) is 2. The fourth-order valence-corrected chi connectivity index (χ4v) is 2.67. The molecule has 0 N–H and O–H groups in total. The molecule has 19 heavy (non-hydrogen) atoms. The maximum absolute atomic E-state index is 13.2. The van der Waals surface area contributed by atoms with Gasteiger partial charge in [-0.25, -0.2) is 9.07 Å². The molecular weight excluding hydrogens is 286 g/mol. The Kier molecular flexibility index (Phi) is 4.16. The number of benzene rings is 1. The van der Waals surface area contributed by atoms with Crippen molar-refractivity contribution in [1.29, 1.82) is 0 Å². The van der Waals surface area contributed by atoms with Crippen LogP contribution < -0.4 is 0 Å². The van der Waals surface area contributed by atoms with Crippen LogP contribution in [-0.4, -0.2) is 9.78 Å². The normalized spacial score (nSPS) is 11.3. The molecule has 1 heterocycles. The van der Waals surface area contributed by atoms with Gasteiger partial charge in [0.2, 0.25) is 0 Å². The third-order valence-electron chi connectivity index (χ3n) is 3.02. The predicted molar refractivity (Wildman–Crippen MR) is 76.9 cm³/mol. The standard InChI is InChI=1S/C14H15Cl2FN2/c1-8(2)13-11(7-15)14(16)19(18-13)12-5-4-10(17)6-9(12)3/h4-6,8H,7H2,1-3H3. The Morgan fingerprint density at radius 3 is 2.53 bits per heavy atom. The fraction of sp³-hybridized carbons (Fsp3) is 0.357. The van der Waals surface area contributed by atoms with E-state index in [1.54, 1.807) is 10.7 Å². The number of hydrogen-bond donors (Lipinski definition) is 0. The minimum Gasteiger partial charge on any atom is -0.221 e. The van der Waals surface area contributed by atoms with Crippen LogP contribution in [0.3, 0.4) is 0 Å². The second-order valence-electron chi connectivity index (χ2n) is 4.79. The molecule has 0 unspecified atom stereocenters. The van der Waals surface area contributed by atoms with Crippen LogP contribution in [0, 0.1) is 12.7 Å². The predicted octanol–water partition coefficient (Wildman–Crippen LogP) is 4.84. The zero-order valence-electron chi connectivity index (χ0n) is 11.0. The summed E-state index contributed by atoms with van der Waals surface area (Å²) in [6.07, 6.45) is 0. The van der Waals surface area contributed by atoms with Crippen molar-refractivity contribution in [2.24, 2.45) is 0 Å². The Balaban J connectivity index is 2.63. The van der Waals surface area contributed by atoms with Crippen LogP contribution in [0.15, 0.2) is 18.2 Å². The van der Waals surface area contributed by atoms with Crippen molar-refractivity contribution in [2.75, 3.05) is 0 Å². The molecule has 2 aromatic rings. The topological polar surface area (TPSA) is 17.8 Å². The zero-order valence-corrected chi connectivity index (χ0v) is 12.6. The highest BCUT2D eigenvalue weighted by molar-refractivity contribution is 6.31. The van der Waals surface area contributed by atoms with E-state index in [-0.39, 0.29) is 11.7 Å². The summed E-state index contributed by atoms with van der Waals surface area (Å²) in [6, 6.07) is 4.53. The van der Waals surface area contributed by atoms with E-state index < -0.39 is 0 Å². The van der Waals surface area contributed by atoms with Gasteiger partial charge in [-0.1, -0.05) is 25.4 Å². The monoisotopic (exact) mass is 300 g/mol. The van der Waals surface area contributed by atoms with Gasteiger partial charge in [-0.05, 0) is 36.6 Å². The van der Waals surface area contributed by atoms with Gasteiger partial charge in [-0.2, -0.15) is 5.10 Å². The van der Waals surface area contributed by atoms with E-state index in [4.69, 9.17) is 23.2 Å². The van der Waals surface area contributed by atoms with Gasteiger partial charge in [-0.15, -0.1) is 11.6 Å². The summed E-state index contributed by atoms with van der Waals surface area (Å²) in [4.78, 5) is 0. The first kappa shape index (κ1) is 14.4. The van der Waals surface area contributed by atoms with Crippen LogP contribution in [0.4, 0.5) is 4.39 Å². The number of rotatable bonds is 3. The molecule has 0 spiro atoms. The van der Waals surface area contributed by atoms with E-state index >= 15 is 0 Å². The molecule has 0 amide bonds. The van der Waals surface area contributed by atoms with Gasteiger partial charge in [0, 0.05) is 5.56 Å². The molecular formula is C14H15Cl2FN2. The highest BCUT2D eigenvalue weighted by Gasteiger charge is 2.19. The smallest absolute Gasteiger partial charge is 0.137 e. The second-order valence-corrected chi connectivity index (χ2v) is 5.41. The molecule has 2 nitrogen and oxygen atoms in total. The molecule has 1 aromatic carbocycles. The van der Waals surface area contributed by atoms with Gasteiger partial charge in [-0.3, -0.25) is 0 Å². The van der Waals surface area contributed by atoms with Gasteiger partial charge in [0.25, 0.3) is 0 Å². The van der Waals surface area contributed by atoms with Crippen LogP contribution in [-0.2, 0) is 5.88 Å². The Bertz CT molecular complexity index is 606. The largest absolute Gasteiger partial charge is 0.221 e. The van der Waals surface area contributed by atoms with Gasteiger partial charge in [0.1, 0.15) is 11.0 Å². The van der Waals surface area contributed by atoms with Crippen molar-refractivity contribution in [3.8, 4) is 5.69 Å². The molecule has 2 rings (SSSR count). The number of alkyl halides is 1. The van der Waals surface area contributed by atoms with E-state index in [0.717, 1.165) is 22.5 Å². The number of aromatic nitrogens is 2. The molecule has 1 aromatic heterocycles. The summed E-state index contributed by atoms with van der Waals surface area (Å²) in [5.74, 6) is 0.270. The molecule has 0 saturated carbocycles. The van der Waals surface area contributed by atoms with Crippen molar-refractivity contribution < 1.29 is 4.39 Å². The Morgan fingerprint density at radius 1 is 1.37 bits per heavy atom. The van der Waals surface area contributed by atoms with Crippen LogP contribution in [0.25, 0.3) is 5.69 Å². The van der Waals surface area contributed by atoms with Crippen molar-refractivity contribution >= 4 is 23.2 Å². The van der Waals surface area contributed by atoms with Crippen LogP contribution in [0.1, 0.15) is 36.6 Å². The minimum absolute atomic E-state index is 0.230. The third-order valence-corrected chi connectivity index (χ3v) is 3.67. The molecule has 0 saturated heterocycles. The van der Waals surface area contributed by atoms with Crippen molar-refractivity contribution in [1.82, 2.24) is 9.78 Å². The van der Waals surface area contributed by atoms with E-state index in [9.17, 15) is 4.39 Å². The summed E-state index contributed by atoms with van der Waals surface area (Å²) in [7, 11) is 0. The molecule has 0 fully saturated rings. The van der Waals surface area contributed by atoms with Crippen molar-refractivity contribution in [2.45, 2.75) is 32.6 Å². The molecule has 0 radical (unpaired) electrons. The molecule has 5 heteroatoms. The Hall–Kier alpha value is -1.06. The highest BCUT2D eigenvalue weighted by Crippen LogP contribution is 2.30. The van der Waals surface area contributed by atoms with E-state index in [1.165, 1.54) is 12.1 Å². The summed E-state index contributed by atoms with van der Waals surface area (Å²) in [6.45, 7) is 5.90. The second kappa shape index (κ2) is 5.51. The lowest BCUT2D eigenvalue weighted by Gasteiger charge is -2.07. The summed E-state index contributed by atoms with van der Waals surface area (Å²) in [5.41, 5.74) is 3.26. The molecule has 0 atom stereocenters. The summed E-state index contributed by atoms with van der Waals surface area (Å²) in [5, 5.41) is 5.01. The van der Waals surface area contributed by atoms with Crippen LogP contribution in [0.5, 0.6) is 0 Å². The Labute approximate surface area is 122 Å². The summed E-state index contributed by atoms with van der Waals surface area (Å²) >= 11 is 12.3. The highest BCUT2D eigenvalue weighted by atomic mass is 35.5. The fourth-order valence-electron chi connectivity index (χ4n) is 2.05. The quantitative estimate of drug-likeness (QED) is 0.742. The number of aryl methyl sites for hydroxylation is 1. The first-order valence-corrected chi connectivity index (χ1v) is 6.96. The van der Waals surface area contributed by atoms with Crippen molar-refractivity contribution in [3.63, 3.8) is 0 Å². The SMILES string of the molecule is Cc1cc(F)ccc1-n1nc(C(C)C)c(CCl)c1Cl. The number of hydrogen-bond acceptors (Lipinski definition) is 1. The Morgan fingerprint density at radius 2 is 2.05 bits per heavy atom. The lowest BCUT2D eigenvalue weighted by molar-refractivity contribution is 0.625. The van der Waals surface area contributed by atoms with Gasteiger partial charge in [0.15, 0.2) is 0 Å². The lowest BCUT2D eigenvalue weighted by Crippen LogP contribution is -2.01. The van der Waals surface area contributed by atoms with Gasteiger partial charge in [0.05, 0.1) is 17.3 Å². The molecule has 0 aliphatic heterocycles. The molecule has 0 aliphatic carbocycles. The van der Waals surface area contributed by atoms with Gasteiger partial charge < -0.3 is 0 Å². The molecule has 102 valence electrons. The van der Waals surface area contributed by atoms with E-state index in [2.05, 4.69) is 5.10 Å². The molecule has 0 bridgehead atoms. The molecule has 0 aliphatic rings.